The van der Waals surface area contributed by atoms with Crippen LogP contribution in [0, 0.1) is 18.8 Å². The number of fused-ring (bicyclic) bond motifs is 8. The van der Waals surface area contributed by atoms with Crippen molar-refractivity contribution in [2.75, 3.05) is 9.80 Å². The molecule has 0 aliphatic carbocycles. The first-order valence-electron chi connectivity index (χ1n) is 29.4. The van der Waals surface area contributed by atoms with Crippen LogP contribution in [-0.2, 0) is 48.1 Å². The summed E-state index contributed by atoms with van der Waals surface area (Å²) in [7, 11) is 0. The molecule has 7 heteroatoms. The maximum absolute atomic E-state index is 6.91. The molecule has 83 heavy (non-hydrogen) atoms. The van der Waals surface area contributed by atoms with E-state index >= 15 is 0 Å². The number of aromatic nitrogens is 2. The fourth-order valence-electron chi connectivity index (χ4n) is 11.9. The Kier molecular flexibility index (Phi) is 14.6. The number of hydrogen-bond donors (Lipinski definition) is 0. The summed E-state index contributed by atoms with van der Waals surface area (Å²) >= 11 is 0. The quantitative estimate of drug-likeness (QED) is 0.128. The number of rotatable bonds is 10. The molecule has 426 valence electrons. The SMILES string of the molecule is CCC(C)(CC)c1ccnc(-n2c3[c-]c(Oc4[c-]c(N5[CH-]N(c6c(-c7cc(C(C)(C)C)cc(C(C)(C)C)c7)cccc6-c6cc(C(C)(C)C)cc(C(C)(C)C)c6)c6ccccc65)ccc4)ccc3c3c4oc5ccccc5c4ccc32)c1.[Pt]. The molecule has 6 nitrogen and oxygen atoms in total. The molecular weight excluding hydrogens is 1200 g/mol. The predicted molar refractivity (Wildman–Crippen MR) is 345 cm³/mol. The minimum atomic E-state index is -0.0683. The number of nitrogens with zero attached hydrogens (tertiary/aromatic N) is 4. The molecule has 0 fully saturated rings. The van der Waals surface area contributed by atoms with Crippen molar-refractivity contribution in [1.29, 1.82) is 0 Å². The second-order valence-electron chi connectivity index (χ2n) is 27.2. The van der Waals surface area contributed by atoms with Crippen LogP contribution in [0.25, 0.3) is 71.8 Å². The predicted octanol–water partition coefficient (Wildman–Crippen LogP) is 21.5. The van der Waals surface area contributed by atoms with E-state index in [0.29, 0.717) is 11.5 Å². The summed E-state index contributed by atoms with van der Waals surface area (Å²) in [5.41, 5.74) is 18.6. The maximum Gasteiger partial charge on any atom is 0.135 e. The standard InChI is InChI=1S/C76H77N4O2.Pt/c1-16-76(15,17-2)50-36-37-77-68(44-50)80-65-35-34-61-60-26-18-21-31-67(60)82-71(61)69(65)62-33-32-57(46-66(62)80)81-56-25-22-24-55(45-56)78-47-79(64-30-20-19-29-63(64)78)70-58(48-38-51(72(3,4)5)42-52(39-48)73(6,7)8)27-23-28-59(70)49-40-53(74(9,10)11)43-54(41-49)75(12,13)14;/h18-44,47H,16-17H2,1-15H3;/q-3;. The van der Waals surface area contributed by atoms with Crippen LogP contribution in [0.3, 0.4) is 0 Å². The Morgan fingerprint density at radius 3 is 1.64 bits per heavy atom. The van der Waals surface area contributed by atoms with Gasteiger partial charge in [-0.05, 0) is 127 Å². The zero-order chi connectivity index (χ0) is 57.8. The van der Waals surface area contributed by atoms with Crippen molar-refractivity contribution < 1.29 is 30.2 Å². The van der Waals surface area contributed by atoms with Crippen LogP contribution in [0.4, 0.5) is 22.7 Å². The molecule has 1 aliphatic rings. The van der Waals surface area contributed by atoms with E-state index in [1.165, 1.54) is 38.9 Å². The number of anilines is 4. The molecule has 0 amide bonds. The molecule has 4 heterocycles. The normalized spacial score (nSPS) is 13.4. The van der Waals surface area contributed by atoms with Crippen LogP contribution in [-0.4, -0.2) is 9.55 Å². The van der Waals surface area contributed by atoms with Gasteiger partial charge < -0.3 is 23.5 Å². The maximum atomic E-state index is 6.91. The average Bonchev–Trinajstić information content (AvgIpc) is 4.20. The Hall–Kier alpha value is -7.40. The summed E-state index contributed by atoms with van der Waals surface area (Å²) in [5, 5.41) is 4.20. The van der Waals surface area contributed by atoms with E-state index in [1.807, 2.05) is 30.5 Å². The number of benzene rings is 8. The van der Waals surface area contributed by atoms with E-state index in [1.54, 1.807) is 0 Å². The number of furan rings is 1. The minimum Gasteiger partial charge on any atom is -0.509 e. The Morgan fingerprint density at radius 2 is 1.05 bits per heavy atom. The van der Waals surface area contributed by atoms with Crippen molar-refractivity contribution >= 4 is 66.5 Å². The van der Waals surface area contributed by atoms with Gasteiger partial charge in [-0.3, -0.25) is 0 Å². The van der Waals surface area contributed by atoms with Crippen LogP contribution in [0.1, 0.15) is 145 Å². The molecule has 1 aliphatic heterocycles. The van der Waals surface area contributed by atoms with Crippen LogP contribution in [0.15, 0.2) is 168 Å². The Labute approximate surface area is 506 Å². The number of para-hydroxylation sites is 4. The first-order chi connectivity index (χ1) is 38.9. The third-order valence-corrected chi connectivity index (χ3v) is 17.5. The molecule has 0 unspecified atom stereocenters. The summed E-state index contributed by atoms with van der Waals surface area (Å²) in [5.74, 6) is 1.97. The van der Waals surface area contributed by atoms with Crippen LogP contribution in [0.2, 0.25) is 0 Å². The molecule has 11 aromatic rings. The fraction of sp³-hybridized carbons (Fsp3) is 0.289. The zero-order valence-corrected chi connectivity index (χ0v) is 53.3. The zero-order valence-electron chi connectivity index (χ0n) is 51.0. The van der Waals surface area contributed by atoms with E-state index in [2.05, 4.69) is 270 Å². The van der Waals surface area contributed by atoms with Crippen molar-refractivity contribution in [3.05, 3.63) is 211 Å². The van der Waals surface area contributed by atoms with Gasteiger partial charge in [-0.25, -0.2) is 4.98 Å². The van der Waals surface area contributed by atoms with Gasteiger partial charge in [-0.1, -0.05) is 200 Å². The van der Waals surface area contributed by atoms with Gasteiger partial charge in [0, 0.05) is 83.2 Å². The molecule has 3 aromatic heterocycles. The third kappa shape index (κ3) is 10.4. The average molecular weight is 1270 g/mol. The minimum absolute atomic E-state index is 0. The van der Waals surface area contributed by atoms with Gasteiger partial charge in [0.05, 0.1) is 0 Å². The first-order valence-corrected chi connectivity index (χ1v) is 29.4. The van der Waals surface area contributed by atoms with Crippen molar-refractivity contribution in [3.63, 3.8) is 0 Å². The third-order valence-electron chi connectivity index (χ3n) is 17.5. The summed E-state index contributed by atoms with van der Waals surface area (Å²) in [4.78, 5) is 9.72. The second kappa shape index (κ2) is 21.0. The van der Waals surface area contributed by atoms with Crippen molar-refractivity contribution in [2.24, 2.45) is 0 Å². The van der Waals surface area contributed by atoms with Gasteiger partial charge in [-0.2, -0.15) is 12.1 Å². The molecule has 0 N–H and O–H groups in total. The Balaban J connectivity index is 0.00000721. The molecule has 0 atom stereocenters. The number of pyridine rings is 1. The van der Waals surface area contributed by atoms with Gasteiger partial charge in [0.15, 0.2) is 0 Å². The first kappa shape index (κ1) is 57.4. The fourth-order valence-corrected chi connectivity index (χ4v) is 11.9. The smallest absolute Gasteiger partial charge is 0.135 e. The van der Waals surface area contributed by atoms with Crippen LogP contribution in [0.5, 0.6) is 11.5 Å². The van der Waals surface area contributed by atoms with Crippen molar-refractivity contribution in [2.45, 2.75) is 144 Å². The molecular formula is C76H77N4O2Pt-3. The largest absolute Gasteiger partial charge is 0.509 e. The second-order valence-corrected chi connectivity index (χ2v) is 27.2. The Morgan fingerprint density at radius 1 is 0.506 bits per heavy atom. The monoisotopic (exact) mass is 1270 g/mol. The van der Waals surface area contributed by atoms with E-state index in [4.69, 9.17) is 14.1 Å². The topological polar surface area (TPSA) is 46.7 Å². The van der Waals surface area contributed by atoms with Gasteiger partial charge in [0.2, 0.25) is 0 Å². The summed E-state index contributed by atoms with van der Waals surface area (Å²) in [6.07, 6.45) is 3.98. The summed E-state index contributed by atoms with van der Waals surface area (Å²) < 4.78 is 15.8. The van der Waals surface area contributed by atoms with Crippen LogP contribution < -0.4 is 14.5 Å². The number of ether oxygens (including phenoxy) is 1. The molecule has 0 saturated carbocycles. The van der Waals surface area contributed by atoms with E-state index in [9.17, 15) is 0 Å². The van der Waals surface area contributed by atoms with Gasteiger partial charge in [0.25, 0.3) is 0 Å². The molecule has 8 aromatic carbocycles. The summed E-state index contributed by atoms with van der Waals surface area (Å²) in [6.45, 7) is 37.0. The molecule has 0 saturated heterocycles. The molecule has 0 bridgehead atoms. The molecule has 12 rings (SSSR count). The van der Waals surface area contributed by atoms with E-state index in [0.717, 1.165) is 96.3 Å². The summed E-state index contributed by atoms with van der Waals surface area (Å²) in [6, 6.07) is 65.0. The van der Waals surface area contributed by atoms with Gasteiger partial charge >= 0.3 is 0 Å². The van der Waals surface area contributed by atoms with Gasteiger partial charge in [-0.15, -0.1) is 42.7 Å². The van der Waals surface area contributed by atoms with Crippen molar-refractivity contribution in [1.82, 2.24) is 9.55 Å². The molecule has 0 spiro atoms. The van der Waals surface area contributed by atoms with E-state index < -0.39 is 0 Å². The molecule has 0 radical (unpaired) electrons. The van der Waals surface area contributed by atoms with Crippen molar-refractivity contribution in [3.8, 4) is 39.6 Å². The Bertz CT molecular complexity index is 4120. The van der Waals surface area contributed by atoms with E-state index in [-0.39, 0.29) is 48.1 Å². The number of hydrogen-bond acceptors (Lipinski definition) is 5. The van der Waals surface area contributed by atoms with Gasteiger partial charge in [0.1, 0.15) is 17.0 Å². The van der Waals surface area contributed by atoms with Crippen LogP contribution >= 0.6 is 0 Å².